The first-order valence-electron chi connectivity index (χ1n) is 5.88. The summed E-state index contributed by atoms with van der Waals surface area (Å²) in [5, 5.41) is 0. The van der Waals surface area contributed by atoms with Crippen molar-refractivity contribution in [3.8, 4) is 11.8 Å². The van der Waals surface area contributed by atoms with E-state index >= 15 is 0 Å². The molecule has 3 aliphatic carbocycles. The second kappa shape index (κ2) is 3.43. The first kappa shape index (κ1) is 10.5. The molecule has 1 aromatic carbocycles. The van der Waals surface area contributed by atoms with Crippen LogP contribution in [0.3, 0.4) is 0 Å². The maximum atomic E-state index is 3.54. The summed E-state index contributed by atoms with van der Waals surface area (Å²) in [5.74, 6) is 10.5. The Bertz CT molecular complexity index is 444. The van der Waals surface area contributed by atoms with Crippen LogP contribution in [-0.2, 0) is 0 Å². The van der Waals surface area contributed by atoms with Gasteiger partial charge in [0.1, 0.15) is 0 Å². The van der Waals surface area contributed by atoms with E-state index in [4.69, 9.17) is 0 Å². The minimum atomic E-state index is 0. The first-order valence-corrected chi connectivity index (χ1v) is 5.88. The van der Waals surface area contributed by atoms with E-state index in [0.717, 1.165) is 11.8 Å². The Labute approximate surface area is 109 Å². The van der Waals surface area contributed by atoms with Gasteiger partial charge in [-0.05, 0) is 12.1 Å². The van der Waals surface area contributed by atoms with Gasteiger partial charge in [-0.25, -0.2) is 0 Å². The molecule has 1 aromatic rings. The van der Waals surface area contributed by atoms with Gasteiger partial charge in [-0.1, -0.05) is 43.4 Å². The Morgan fingerprint density at radius 1 is 1.12 bits per heavy atom. The summed E-state index contributed by atoms with van der Waals surface area (Å²) in [7, 11) is 0. The molecule has 2 unspecified atom stereocenters. The molecule has 0 radical (unpaired) electrons. The molecule has 3 saturated carbocycles. The maximum Gasteiger partial charge on any atom is 1.00 e. The number of rotatable bonds is 0. The summed E-state index contributed by atoms with van der Waals surface area (Å²) in [6, 6.07) is 10.4. The van der Waals surface area contributed by atoms with E-state index in [9.17, 15) is 0 Å². The van der Waals surface area contributed by atoms with Gasteiger partial charge in [0.25, 0.3) is 0 Å². The standard InChI is InChI=1S/C15H13.Li/c1-2-5-11(6-3-1)9-10-15-12-7-4-8-13(15)14(12)15;/h1-3,5-6,12-13H,4,7-8H2;/q-1;+1. The Hall–Kier alpha value is -0.623. The van der Waals surface area contributed by atoms with Crippen LogP contribution >= 0.6 is 0 Å². The molecule has 0 bridgehead atoms. The van der Waals surface area contributed by atoms with Gasteiger partial charge in [0.2, 0.25) is 0 Å². The van der Waals surface area contributed by atoms with Crippen LogP contribution in [-0.4, -0.2) is 0 Å². The number of benzene rings is 1. The smallest absolute Gasteiger partial charge is 0.297 e. The van der Waals surface area contributed by atoms with Gasteiger partial charge in [-0.3, -0.25) is 5.92 Å². The van der Waals surface area contributed by atoms with Crippen molar-refractivity contribution in [3.05, 3.63) is 41.8 Å². The molecule has 0 nitrogen and oxygen atoms in total. The van der Waals surface area contributed by atoms with Crippen molar-refractivity contribution in [2.24, 2.45) is 17.3 Å². The van der Waals surface area contributed by atoms with Crippen molar-refractivity contribution < 1.29 is 18.9 Å². The van der Waals surface area contributed by atoms with Crippen molar-refractivity contribution in [2.45, 2.75) is 19.3 Å². The van der Waals surface area contributed by atoms with Crippen LogP contribution in [0.4, 0.5) is 0 Å². The van der Waals surface area contributed by atoms with Gasteiger partial charge < -0.3 is 0 Å². The molecule has 0 spiro atoms. The molecule has 0 heterocycles. The second-order valence-corrected chi connectivity index (χ2v) is 4.98. The predicted octanol–water partition coefficient (Wildman–Crippen LogP) is 0.0465. The zero-order valence-corrected chi connectivity index (χ0v) is 9.66. The molecule has 4 rings (SSSR count). The van der Waals surface area contributed by atoms with Crippen LogP contribution in [0.15, 0.2) is 30.3 Å². The molecule has 0 amide bonds. The Balaban J connectivity index is 0.000000810. The molecule has 0 saturated heterocycles. The SMILES string of the molecule is C(#CC12[C-]3C1CCCC32)c1ccccc1.[Li+]. The molecule has 74 valence electrons. The molecule has 0 aliphatic heterocycles. The van der Waals surface area contributed by atoms with Gasteiger partial charge in [-0.15, -0.1) is 11.3 Å². The summed E-state index contributed by atoms with van der Waals surface area (Å²) in [5.41, 5.74) is 1.61. The minimum Gasteiger partial charge on any atom is -0.297 e. The average molecular weight is 200 g/mol. The molecule has 0 N–H and O–H groups in total. The zero-order chi connectivity index (χ0) is 9.88. The van der Waals surface area contributed by atoms with E-state index in [0.29, 0.717) is 5.41 Å². The first-order chi connectivity index (χ1) is 7.43. The van der Waals surface area contributed by atoms with Crippen molar-refractivity contribution in [1.29, 1.82) is 0 Å². The third-order valence-electron chi connectivity index (χ3n) is 4.33. The Morgan fingerprint density at radius 3 is 2.44 bits per heavy atom. The second-order valence-electron chi connectivity index (χ2n) is 4.98. The number of hydrogen-bond donors (Lipinski definition) is 0. The van der Waals surface area contributed by atoms with E-state index in [1.165, 1.54) is 24.8 Å². The quantitative estimate of drug-likeness (QED) is 0.315. The van der Waals surface area contributed by atoms with Crippen LogP contribution in [0.25, 0.3) is 0 Å². The minimum absolute atomic E-state index is 0. The number of hydrogen-bond acceptors (Lipinski definition) is 0. The summed E-state index contributed by atoms with van der Waals surface area (Å²) < 4.78 is 0. The van der Waals surface area contributed by atoms with Gasteiger partial charge in [0.15, 0.2) is 0 Å². The van der Waals surface area contributed by atoms with Crippen LogP contribution in [0.5, 0.6) is 0 Å². The third-order valence-corrected chi connectivity index (χ3v) is 4.33. The number of fused-ring (bicyclic) bond motifs is 2. The molecular weight excluding hydrogens is 187 g/mol. The van der Waals surface area contributed by atoms with E-state index < -0.39 is 0 Å². The summed E-state index contributed by atoms with van der Waals surface area (Å²) in [4.78, 5) is 0. The van der Waals surface area contributed by atoms with E-state index in [1.54, 1.807) is 5.92 Å². The maximum absolute atomic E-state index is 3.54. The molecule has 3 aliphatic rings. The molecule has 2 atom stereocenters. The van der Waals surface area contributed by atoms with Crippen LogP contribution < -0.4 is 18.9 Å². The van der Waals surface area contributed by atoms with Gasteiger partial charge in [-0.2, -0.15) is 11.8 Å². The van der Waals surface area contributed by atoms with Crippen molar-refractivity contribution in [2.75, 3.05) is 0 Å². The van der Waals surface area contributed by atoms with Gasteiger partial charge in [0.05, 0.1) is 0 Å². The van der Waals surface area contributed by atoms with Crippen LogP contribution in [0, 0.1) is 35.0 Å². The van der Waals surface area contributed by atoms with Crippen molar-refractivity contribution >= 4 is 0 Å². The van der Waals surface area contributed by atoms with Crippen molar-refractivity contribution in [3.63, 3.8) is 0 Å². The summed E-state index contributed by atoms with van der Waals surface area (Å²) in [6.45, 7) is 0. The molecule has 1 heteroatoms. The molecule has 0 aromatic heterocycles. The summed E-state index contributed by atoms with van der Waals surface area (Å²) in [6.07, 6.45) is 4.26. The largest absolute Gasteiger partial charge is 1.00 e. The fourth-order valence-electron chi connectivity index (χ4n) is 3.50. The van der Waals surface area contributed by atoms with E-state index in [1.807, 2.05) is 6.07 Å². The van der Waals surface area contributed by atoms with Crippen LogP contribution in [0.1, 0.15) is 24.8 Å². The molecule has 16 heavy (non-hydrogen) atoms. The van der Waals surface area contributed by atoms with Crippen molar-refractivity contribution in [1.82, 2.24) is 0 Å². The normalized spacial score (nSPS) is 37.5. The average Bonchev–Trinajstić information content (AvgIpc) is 3.18. The zero-order valence-electron chi connectivity index (χ0n) is 9.66. The van der Waals surface area contributed by atoms with Crippen LogP contribution in [0.2, 0.25) is 0 Å². The van der Waals surface area contributed by atoms with Gasteiger partial charge >= 0.3 is 18.9 Å². The predicted molar refractivity (Wildman–Crippen MR) is 59.8 cm³/mol. The fourth-order valence-corrected chi connectivity index (χ4v) is 3.50. The molecular formula is C15H13Li. The Kier molecular flexibility index (Phi) is 2.26. The van der Waals surface area contributed by atoms with E-state index in [2.05, 4.69) is 36.1 Å². The monoisotopic (exact) mass is 200 g/mol. The summed E-state index contributed by atoms with van der Waals surface area (Å²) >= 11 is 0. The fraction of sp³-hybridized carbons (Fsp3) is 0.400. The Morgan fingerprint density at radius 2 is 1.81 bits per heavy atom. The topological polar surface area (TPSA) is 0 Å². The molecule has 3 fully saturated rings. The third kappa shape index (κ3) is 1.20. The van der Waals surface area contributed by atoms with Gasteiger partial charge in [0, 0.05) is 5.56 Å². The van der Waals surface area contributed by atoms with E-state index in [-0.39, 0.29) is 18.9 Å².